The molecule has 0 radical (unpaired) electrons. The van der Waals surface area contributed by atoms with Crippen molar-refractivity contribution in [2.24, 2.45) is 0 Å². The van der Waals surface area contributed by atoms with Crippen LogP contribution in [-0.4, -0.2) is 16.8 Å². The fourth-order valence-corrected chi connectivity index (χ4v) is 2.42. The van der Waals surface area contributed by atoms with Crippen LogP contribution < -0.4 is 5.32 Å². The molecule has 2 aromatic carbocycles. The fraction of sp³-hybridized carbons (Fsp3) is 0.333. The summed E-state index contributed by atoms with van der Waals surface area (Å²) in [6.45, 7) is 4.54. The lowest BCUT2D eigenvalue weighted by atomic mass is 10.0. The Balaban J connectivity index is 2.00. The lowest BCUT2D eigenvalue weighted by Crippen LogP contribution is -2.26. The van der Waals surface area contributed by atoms with Crippen LogP contribution in [0.1, 0.15) is 42.2 Å². The van der Waals surface area contributed by atoms with Crippen LogP contribution in [0, 0.1) is 6.92 Å². The third kappa shape index (κ3) is 4.06. The molecule has 0 aliphatic carbocycles. The van der Waals surface area contributed by atoms with Gasteiger partial charge in [0.05, 0.1) is 6.10 Å². The van der Waals surface area contributed by atoms with E-state index in [9.17, 15) is 10.2 Å². The molecular formula is C18H23NO2. The van der Waals surface area contributed by atoms with E-state index in [4.69, 9.17) is 0 Å². The van der Waals surface area contributed by atoms with E-state index < -0.39 is 6.10 Å². The molecule has 0 aliphatic rings. The van der Waals surface area contributed by atoms with Gasteiger partial charge in [0.15, 0.2) is 0 Å². The quantitative estimate of drug-likeness (QED) is 0.761. The van der Waals surface area contributed by atoms with Crippen LogP contribution in [0.15, 0.2) is 48.5 Å². The van der Waals surface area contributed by atoms with E-state index in [1.54, 1.807) is 6.07 Å². The minimum absolute atomic E-state index is 0.0336. The first-order valence-corrected chi connectivity index (χ1v) is 7.37. The molecule has 0 aliphatic heterocycles. The molecule has 2 unspecified atom stereocenters. The van der Waals surface area contributed by atoms with Crippen LogP contribution in [0.4, 0.5) is 0 Å². The lowest BCUT2D eigenvalue weighted by molar-refractivity contribution is 0.169. The number of hydrogen-bond acceptors (Lipinski definition) is 3. The summed E-state index contributed by atoms with van der Waals surface area (Å²) >= 11 is 0. The Morgan fingerprint density at radius 1 is 1.05 bits per heavy atom. The molecule has 0 heterocycles. The van der Waals surface area contributed by atoms with Gasteiger partial charge in [-0.15, -0.1) is 0 Å². The summed E-state index contributed by atoms with van der Waals surface area (Å²) in [5.74, 6) is 0.293. The van der Waals surface area contributed by atoms with Gasteiger partial charge in [0, 0.05) is 18.2 Å². The highest BCUT2D eigenvalue weighted by Crippen LogP contribution is 2.26. The predicted molar refractivity (Wildman–Crippen MR) is 85.3 cm³/mol. The zero-order valence-corrected chi connectivity index (χ0v) is 12.6. The first kappa shape index (κ1) is 15.5. The van der Waals surface area contributed by atoms with E-state index in [2.05, 4.69) is 12.2 Å². The highest BCUT2D eigenvalue weighted by Gasteiger charge is 2.15. The molecule has 0 aromatic heterocycles. The summed E-state index contributed by atoms with van der Waals surface area (Å²) in [7, 11) is 0. The molecule has 0 spiro atoms. The summed E-state index contributed by atoms with van der Waals surface area (Å²) in [5.41, 5.74) is 2.95. The first-order valence-electron chi connectivity index (χ1n) is 7.37. The number of nitrogens with one attached hydrogen (secondary N) is 1. The third-order valence-corrected chi connectivity index (χ3v) is 3.74. The summed E-state index contributed by atoms with van der Waals surface area (Å²) < 4.78 is 0. The van der Waals surface area contributed by atoms with Gasteiger partial charge in [-0.25, -0.2) is 0 Å². The van der Waals surface area contributed by atoms with Crippen molar-refractivity contribution < 1.29 is 10.2 Å². The van der Waals surface area contributed by atoms with Gasteiger partial charge >= 0.3 is 0 Å². The van der Waals surface area contributed by atoms with Crippen LogP contribution >= 0.6 is 0 Å². The van der Waals surface area contributed by atoms with Gasteiger partial charge < -0.3 is 15.5 Å². The van der Waals surface area contributed by atoms with E-state index in [0.29, 0.717) is 12.3 Å². The van der Waals surface area contributed by atoms with Gasteiger partial charge in [0.1, 0.15) is 5.75 Å². The number of rotatable bonds is 6. The SMILES string of the molecule is CCC(NCC(O)c1ccc(C)cc1)c1ccccc1O. The number of phenols is 1. The number of aliphatic hydroxyl groups is 1. The van der Waals surface area contributed by atoms with Crippen LogP contribution in [-0.2, 0) is 0 Å². The second kappa shape index (κ2) is 7.25. The molecule has 2 atom stereocenters. The molecule has 21 heavy (non-hydrogen) atoms. The molecule has 0 fully saturated rings. The predicted octanol–water partition coefficient (Wildman–Crippen LogP) is 3.47. The van der Waals surface area contributed by atoms with E-state index >= 15 is 0 Å². The summed E-state index contributed by atoms with van der Waals surface area (Å²) in [6.07, 6.45) is 0.295. The van der Waals surface area contributed by atoms with Crippen molar-refractivity contribution in [3.63, 3.8) is 0 Å². The standard InChI is InChI=1S/C18H23NO2/c1-3-16(15-6-4-5-7-17(15)20)19-12-18(21)14-10-8-13(2)9-11-14/h4-11,16,18-21H,3,12H2,1-2H3. The van der Waals surface area contributed by atoms with Crippen molar-refractivity contribution in [3.8, 4) is 5.75 Å². The van der Waals surface area contributed by atoms with Crippen LogP contribution in [0.2, 0.25) is 0 Å². The number of aryl methyl sites for hydroxylation is 1. The summed E-state index contributed by atoms with van der Waals surface area (Å²) in [4.78, 5) is 0. The molecule has 3 heteroatoms. The van der Waals surface area contributed by atoms with Crippen molar-refractivity contribution >= 4 is 0 Å². The molecule has 112 valence electrons. The van der Waals surface area contributed by atoms with Gasteiger partial charge in [-0.1, -0.05) is 55.0 Å². The highest BCUT2D eigenvalue weighted by molar-refractivity contribution is 5.34. The number of aromatic hydroxyl groups is 1. The third-order valence-electron chi connectivity index (χ3n) is 3.74. The van der Waals surface area contributed by atoms with E-state index in [0.717, 1.165) is 17.5 Å². The van der Waals surface area contributed by atoms with Crippen molar-refractivity contribution in [2.45, 2.75) is 32.4 Å². The fourth-order valence-electron chi connectivity index (χ4n) is 2.42. The van der Waals surface area contributed by atoms with Crippen molar-refractivity contribution in [1.29, 1.82) is 0 Å². The average molecular weight is 285 g/mol. The maximum Gasteiger partial charge on any atom is 0.120 e. The molecule has 3 nitrogen and oxygen atoms in total. The lowest BCUT2D eigenvalue weighted by Gasteiger charge is -2.21. The minimum atomic E-state index is -0.550. The first-order chi connectivity index (χ1) is 10.1. The molecule has 0 bridgehead atoms. The Morgan fingerprint density at radius 2 is 1.71 bits per heavy atom. The highest BCUT2D eigenvalue weighted by atomic mass is 16.3. The number of hydrogen-bond donors (Lipinski definition) is 3. The summed E-state index contributed by atoms with van der Waals surface area (Å²) in [5, 5.41) is 23.5. The molecule has 3 N–H and O–H groups in total. The van der Waals surface area contributed by atoms with Gasteiger partial charge in [-0.05, 0) is 25.0 Å². The van der Waals surface area contributed by atoms with Crippen LogP contribution in [0.5, 0.6) is 5.75 Å². The number of phenolic OH excluding ortho intramolecular Hbond substituents is 1. The number of aliphatic hydroxyl groups excluding tert-OH is 1. The Labute approximate surface area is 126 Å². The maximum absolute atomic E-state index is 10.2. The summed E-state index contributed by atoms with van der Waals surface area (Å²) in [6, 6.07) is 15.3. The van der Waals surface area contributed by atoms with Crippen LogP contribution in [0.25, 0.3) is 0 Å². The Hall–Kier alpha value is -1.84. The Kier molecular flexibility index (Phi) is 5.37. The Bertz CT molecular complexity index is 566. The molecule has 0 saturated carbocycles. The smallest absolute Gasteiger partial charge is 0.120 e. The zero-order chi connectivity index (χ0) is 15.2. The van der Waals surface area contributed by atoms with E-state index in [-0.39, 0.29) is 6.04 Å². The van der Waals surface area contributed by atoms with Crippen LogP contribution in [0.3, 0.4) is 0 Å². The van der Waals surface area contributed by atoms with Crippen molar-refractivity contribution in [1.82, 2.24) is 5.32 Å². The van der Waals surface area contributed by atoms with E-state index in [1.807, 2.05) is 49.4 Å². The zero-order valence-electron chi connectivity index (χ0n) is 12.6. The van der Waals surface area contributed by atoms with Gasteiger partial charge in [0.25, 0.3) is 0 Å². The van der Waals surface area contributed by atoms with Gasteiger partial charge in [-0.2, -0.15) is 0 Å². The van der Waals surface area contributed by atoms with Crippen molar-refractivity contribution in [2.75, 3.05) is 6.54 Å². The maximum atomic E-state index is 10.2. The number of para-hydroxylation sites is 1. The molecule has 2 rings (SSSR count). The second-order valence-corrected chi connectivity index (χ2v) is 5.35. The molecule has 2 aromatic rings. The monoisotopic (exact) mass is 285 g/mol. The topological polar surface area (TPSA) is 52.5 Å². The molecule has 0 saturated heterocycles. The van der Waals surface area contributed by atoms with Gasteiger partial charge in [0.2, 0.25) is 0 Å². The second-order valence-electron chi connectivity index (χ2n) is 5.35. The molecular weight excluding hydrogens is 262 g/mol. The van der Waals surface area contributed by atoms with Gasteiger partial charge in [-0.3, -0.25) is 0 Å². The minimum Gasteiger partial charge on any atom is -0.508 e. The normalized spacial score (nSPS) is 13.9. The number of benzene rings is 2. The Morgan fingerprint density at radius 3 is 2.33 bits per heavy atom. The molecule has 0 amide bonds. The van der Waals surface area contributed by atoms with Crippen molar-refractivity contribution in [3.05, 3.63) is 65.2 Å². The van der Waals surface area contributed by atoms with E-state index in [1.165, 1.54) is 5.56 Å². The average Bonchev–Trinajstić information content (AvgIpc) is 2.50. The largest absolute Gasteiger partial charge is 0.508 e.